The highest BCUT2D eigenvalue weighted by Gasteiger charge is 2.15. The van der Waals surface area contributed by atoms with Crippen LogP contribution >= 0.6 is 11.3 Å². The Balaban J connectivity index is 2.28. The fourth-order valence-corrected chi connectivity index (χ4v) is 3.09. The molecular weight excluding hydrogens is 300 g/mol. The van der Waals surface area contributed by atoms with Gasteiger partial charge in [-0.3, -0.25) is 10.1 Å². The number of hydrogen-bond acceptors (Lipinski definition) is 5. The second kappa shape index (κ2) is 6.79. The number of rotatable bonds is 5. The lowest BCUT2D eigenvalue weighted by Gasteiger charge is -2.12. The Morgan fingerprint density at radius 1 is 1.23 bits per heavy atom. The van der Waals surface area contributed by atoms with E-state index >= 15 is 0 Å². The van der Waals surface area contributed by atoms with Crippen molar-refractivity contribution in [1.29, 1.82) is 0 Å². The second-order valence-corrected chi connectivity index (χ2v) is 6.04. The number of nitrogens with zero attached hydrogens (tertiary/aromatic N) is 1. The number of hydrogen-bond donors (Lipinski definition) is 1. The summed E-state index contributed by atoms with van der Waals surface area (Å²) in [6, 6.07) is 3.41. The van der Waals surface area contributed by atoms with Crippen molar-refractivity contribution < 1.29 is 14.3 Å². The molecule has 0 radical (unpaired) electrons. The molecule has 0 saturated heterocycles. The average Bonchev–Trinajstić information content (AvgIpc) is 2.86. The number of anilines is 1. The maximum absolute atomic E-state index is 12.4. The van der Waals surface area contributed by atoms with Gasteiger partial charge in [0.25, 0.3) is 5.91 Å². The maximum Gasteiger partial charge on any atom is 0.257 e. The summed E-state index contributed by atoms with van der Waals surface area (Å²) in [4.78, 5) is 18.0. The molecule has 2 rings (SSSR count). The maximum atomic E-state index is 12.4. The molecule has 6 heteroatoms. The third-order valence-corrected chi connectivity index (χ3v) is 4.39. The average molecular weight is 320 g/mol. The van der Waals surface area contributed by atoms with E-state index in [0.29, 0.717) is 22.2 Å². The lowest BCUT2D eigenvalue weighted by molar-refractivity contribution is 0.102. The summed E-state index contributed by atoms with van der Waals surface area (Å²) in [5, 5.41) is 3.44. The summed E-state index contributed by atoms with van der Waals surface area (Å²) in [6.45, 7) is 5.94. The van der Waals surface area contributed by atoms with E-state index in [1.165, 1.54) is 11.3 Å². The lowest BCUT2D eigenvalue weighted by atomic mass is 10.1. The molecule has 0 bridgehead atoms. The molecule has 0 unspecified atom stereocenters. The lowest BCUT2D eigenvalue weighted by Crippen LogP contribution is -2.12. The molecular formula is C16H20N2O3S. The summed E-state index contributed by atoms with van der Waals surface area (Å²) in [6.07, 6.45) is 0.852. The van der Waals surface area contributed by atoms with E-state index < -0.39 is 0 Å². The third kappa shape index (κ3) is 3.22. The van der Waals surface area contributed by atoms with Gasteiger partial charge in [0, 0.05) is 16.0 Å². The van der Waals surface area contributed by atoms with E-state index in [-0.39, 0.29) is 5.91 Å². The van der Waals surface area contributed by atoms with E-state index in [1.54, 1.807) is 26.4 Å². The van der Waals surface area contributed by atoms with Crippen molar-refractivity contribution in [2.45, 2.75) is 27.2 Å². The van der Waals surface area contributed by atoms with E-state index in [2.05, 4.69) is 10.3 Å². The number of aryl methyl sites for hydroxylation is 2. The standard InChI is InChI=1S/C16H20N2O3S/c1-6-12-10(3)22-16(17-12)18-15(19)11-7-13(20-4)9(2)14(8-11)21-5/h7-8H,6H2,1-5H3,(H,17,18,19). The van der Waals surface area contributed by atoms with Crippen LogP contribution in [0.4, 0.5) is 5.13 Å². The van der Waals surface area contributed by atoms with Gasteiger partial charge in [0.15, 0.2) is 5.13 Å². The fraction of sp³-hybridized carbons (Fsp3) is 0.375. The number of benzene rings is 1. The molecule has 0 spiro atoms. The molecule has 118 valence electrons. The quantitative estimate of drug-likeness (QED) is 0.914. The van der Waals surface area contributed by atoms with Crippen LogP contribution in [0.15, 0.2) is 12.1 Å². The topological polar surface area (TPSA) is 60.5 Å². The Bertz CT molecular complexity index is 670. The molecule has 1 heterocycles. The minimum atomic E-state index is -0.229. The Morgan fingerprint density at radius 2 is 1.82 bits per heavy atom. The molecule has 5 nitrogen and oxygen atoms in total. The van der Waals surface area contributed by atoms with Gasteiger partial charge in [0.1, 0.15) is 11.5 Å². The number of thiazole rings is 1. The molecule has 1 N–H and O–H groups in total. The largest absolute Gasteiger partial charge is 0.496 e. The van der Waals surface area contributed by atoms with Gasteiger partial charge in [-0.1, -0.05) is 6.92 Å². The van der Waals surface area contributed by atoms with Gasteiger partial charge in [-0.25, -0.2) is 4.98 Å². The Labute approximate surface area is 134 Å². The van der Waals surface area contributed by atoms with Crippen molar-refractivity contribution >= 4 is 22.4 Å². The summed E-state index contributed by atoms with van der Waals surface area (Å²) in [5.41, 5.74) is 2.35. The van der Waals surface area contributed by atoms with Gasteiger partial charge in [-0.05, 0) is 32.4 Å². The van der Waals surface area contributed by atoms with Gasteiger partial charge in [0.2, 0.25) is 0 Å². The first kappa shape index (κ1) is 16.3. The van der Waals surface area contributed by atoms with E-state index in [9.17, 15) is 4.79 Å². The minimum absolute atomic E-state index is 0.229. The normalized spacial score (nSPS) is 10.4. The Morgan fingerprint density at radius 3 is 2.27 bits per heavy atom. The summed E-state index contributed by atoms with van der Waals surface area (Å²) in [7, 11) is 3.14. The SMILES string of the molecule is CCc1nc(NC(=O)c2cc(OC)c(C)c(OC)c2)sc1C. The highest BCUT2D eigenvalue weighted by atomic mass is 32.1. The van der Waals surface area contributed by atoms with Crippen LogP contribution in [0.1, 0.15) is 33.4 Å². The van der Waals surface area contributed by atoms with Crippen LogP contribution in [0, 0.1) is 13.8 Å². The van der Waals surface area contributed by atoms with Crippen LogP contribution in [-0.4, -0.2) is 25.1 Å². The van der Waals surface area contributed by atoms with E-state index in [4.69, 9.17) is 9.47 Å². The first-order valence-corrected chi connectivity index (χ1v) is 7.82. The molecule has 1 amide bonds. The Kier molecular flexibility index (Phi) is 5.03. The van der Waals surface area contributed by atoms with E-state index in [0.717, 1.165) is 22.6 Å². The molecule has 1 aromatic carbocycles. The number of ether oxygens (including phenoxy) is 2. The number of carbonyl (C=O) groups is 1. The number of carbonyl (C=O) groups excluding carboxylic acids is 1. The van der Waals surface area contributed by atoms with Gasteiger partial charge >= 0.3 is 0 Å². The smallest absolute Gasteiger partial charge is 0.257 e. The van der Waals surface area contributed by atoms with Gasteiger partial charge in [0.05, 0.1) is 19.9 Å². The van der Waals surface area contributed by atoms with Crippen LogP contribution in [0.2, 0.25) is 0 Å². The van der Waals surface area contributed by atoms with Crippen molar-refractivity contribution in [3.63, 3.8) is 0 Å². The third-order valence-electron chi connectivity index (χ3n) is 3.46. The predicted octanol–water partition coefficient (Wildman–Crippen LogP) is 3.59. The first-order chi connectivity index (χ1) is 10.5. The van der Waals surface area contributed by atoms with Gasteiger partial charge in [-0.2, -0.15) is 0 Å². The summed E-state index contributed by atoms with van der Waals surface area (Å²) >= 11 is 1.48. The fourth-order valence-electron chi connectivity index (χ4n) is 2.20. The second-order valence-electron chi connectivity index (χ2n) is 4.84. The Hall–Kier alpha value is -2.08. The zero-order chi connectivity index (χ0) is 16.3. The van der Waals surface area contributed by atoms with Crippen molar-refractivity contribution in [1.82, 2.24) is 4.98 Å². The van der Waals surface area contributed by atoms with Crippen molar-refractivity contribution in [2.24, 2.45) is 0 Å². The molecule has 2 aromatic rings. The van der Waals surface area contributed by atoms with Crippen molar-refractivity contribution in [3.8, 4) is 11.5 Å². The van der Waals surface area contributed by atoms with Gasteiger partial charge in [-0.15, -0.1) is 11.3 Å². The monoisotopic (exact) mass is 320 g/mol. The molecule has 22 heavy (non-hydrogen) atoms. The van der Waals surface area contributed by atoms with Crippen molar-refractivity contribution in [2.75, 3.05) is 19.5 Å². The van der Waals surface area contributed by atoms with Crippen LogP contribution < -0.4 is 14.8 Å². The van der Waals surface area contributed by atoms with Crippen molar-refractivity contribution in [3.05, 3.63) is 33.8 Å². The predicted molar refractivity (Wildman–Crippen MR) is 88.5 cm³/mol. The molecule has 1 aromatic heterocycles. The molecule has 0 atom stereocenters. The van der Waals surface area contributed by atoms with Gasteiger partial charge < -0.3 is 9.47 Å². The number of aromatic nitrogens is 1. The summed E-state index contributed by atoms with van der Waals surface area (Å²) in [5.74, 6) is 1.01. The molecule has 0 fully saturated rings. The molecule has 0 aliphatic carbocycles. The van der Waals surface area contributed by atoms with E-state index in [1.807, 2.05) is 20.8 Å². The van der Waals surface area contributed by atoms with Crippen LogP contribution in [0.3, 0.4) is 0 Å². The molecule has 0 aliphatic heterocycles. The minimum Gasteiger partial charge on any atom is -0.496 e. The number of nitrogens with one attached hydrogen (secondary N) is 1. The van der Waals surface area contributed by atoms with Crippen LogP contribution in [0.5, 0.6) is 11.5 Å². The zero-order valence-electron chi connectivity index (χ0n) is 13.4. The first-order valence-electron chi connectivity index (χ1n) is 7.00. The highest BCUT2D eigenvalue weighted by Crippen LogP contribution is 2.30. The van der Waals surface area contributed by atoms with Crippen LogP contribution in [-0.2, 0) is 6.42 Å². The molecule has 0 saturated carbocycles. The zero-order valence-corrected chi connectivity index (χ0v) is 14.3. The highest BCUT2D eigenvalue weighted by molar-refractivity contribution is 7.15. The number of amides is 1. The van der Waals surface area contributed by atoms with Crippen LogP contribution in [0.25, 0.3) is 0 Å². The molecule has 0 aliphatic rings. The summed E-state index contributed by atoms with van der Waals surface area (Å²) < 4.78 is 10.6. The number of methoxy groups -OCH3 is 2.